The Morgan fingerprint density at radius 2 is 1.03 bits per heavy atom. The van der Waals surface area contributed by atoms with Crippen LogP contribution in [0.2, 0.25) is 0 Å². The summed E-state index contributed by atoms with van der Waals surface area (Å²) in [4.78, 5) is 1.38. The molecular formula is C27H24F2O4S2. The monoisotopic (exact) mass is 514 g/mol. The summed E-state index contributed by atoms with van der Waals surface area (Å²) in [5.74, 6) is -0.354. The van der Waals surface area contributed by atoms with E-state index in [9.17, 15) is 17.2 Å². The van der Waals surface area contributed by atoms with Crippen LogP contribution in [0.3, 0.4) is 0 Å². The van der Waals surface area contributed by atoms with Crippen molar-refractivity contribution in [3.63, 3.8) is 0 Å². The summed E-state index contributed by atoms with van der Waals surface area (Å²) in [5.41, 5.74) is 0.895. The summed E-state index contributed by atoms with van der Waals surface area (Å²) in [6.45, 7) is 4.17. The maximum atomic E-state index is 13.9. The predicted molar refractivity (Wildman–Crippen MR) is 132 cm³/mol. The van der Waals surface area contributed by atoms with E-state index in [1.54, 1.807) is 36.4 Å². The second kappa shape index (κ2) is 10.2. The van der Waals surface area contributed by atoms with Crippen LogP contribution in [0.15, 0.2) is 117 Å². The van der Waals surface area contributed by atoms with Crippen LogP contribution in [-0.2, 0) is 13.7 Å². The van der Waals surface area contributed by atoms with Crippen molar-refractivity contribution in [2.45, 2.75) is 33.4 Å². The average molecular weight is 515 g/mol. The molecular weight excluding hydrogens is 490 g/mol. The summed E-state index contributed by atoms with van der Waals surface area (Å²) >= 11 is 0. The molecule has 0 N–H and O–H groups in total. The van der Waals surface area contributed by atoms with Crippen molar-refractivity contribution in [1.82, 2.24) is 0 Å². The standard InChI is InChI=1S/C27H24F2O4S2/c1-3-32-23-10-18-26(19-11-23)34(24-14-6-21(28)7-15-24,25-16-8-22(29)9-17-25)33-35(30,31)27-12-4-20(2)5-13-27/h4-19H,3H2,1-2H3. The van der Waals surface area contributed by atoms with Crippen LogP contribution in [0.25, 0.3) is 0 Å². The number of benzene rings is 4. The molecule has 0 heterocycles. The van der Waals surface area contributed by atoms with Crippen molar-refractivity contribution in [2.24, 2.45) is 0 Å². The van der Waals surface area contributed by atoms with Crippen LogP contribution in [0.5, 0.6) is 5.75 Å². The first-order valence-electron chi connectivity index (χ1n) is 10.8. The number of aryl methyl sites for hydroxylation is 1. The normalized spacial score (nSPS) is 12.3. The van der Waals surface area contributed by atoms with Crippen molar-refractivity contribution >= 4 is 20.4 Å². The molecule has 0 aliphatic rings. The molecule has 0 spiro atoms. The molecule has 0 aliphatic carbocycles. The molecule has 4 aromatic rings. The smallest absolute Gasteiger partial charge is 0.307 e. The fourth-order valence-electron chi connectivity index (χ4n) is 3.55. The first-order chi connectivity index (χ1) is 16.7. The molecule has 0 saturated heterocycles. The Bertz CT molecular complexity index is 1340. The van der Waals surface area contributed by atoms with E-state index >= 15 is 0 Å². The Balaban J connectivity index is 1.99. The maximum absolute atomic E-state index is 13.9. The van der Waals surface area contributed by atoms with Gasteiger partial charge in [-0.1, -0.05) is 17.7 Å². The molecule has 0 unspecified atom stereocenters. The fraction of sp³-hybridized carbons (Fsp3) is 0.111. The predicted octanol–water partition coefficient (Wildman–Crippen LogP) is 7.27. The van der Waals surface area contributed by atoms with Gasteiger partial charge in [-0.05, 0) is 109 Å². The zero-order valence-corrected chi connectivity index (χ0v) is 20.8. The van der Waals surface area contributed by atoms with Gasteiger partial charge in [0.05, 0.1) is 11.5 Å². The van der Waals surface area contributed by atoms with Crippen LogP contribution < -0.4 is 4.74 Å². The molecule has 0 amide bonds. The topological polar surface area (TPSA) is 52.6 Å². The number of halogens is 2. The van der Waals surface area contributed by atoms with Crippen molar-refractivity contribution in [2.75, 3.05) is 6.61 Å². The van der Waals surface area contributed by atoms with Gasteiger partial charge in [0, 0.05) is 14.7 Å². The van der Waals surface area contributed by atoms with E-state index in [-0.39, 0.29) is 4.90 Å². The molecule has 8 heteroatoms. The SMILES string of the molecule is CCOc1ccc(S(OS(=O)(=O)c2ccc(C)cc2)(c2ccc(F)cc2)c2ccc(F)cc2)cc1. The van der Waals surface area contributed by atoms with Gasteiger partial charge < -0.3 is 4.74 Å². The minimum Gasteiger partial charge on any atom is -0.494 e. The van der Waals surface area contributed by atoms with E-state index < -0.39 is 32.1 Å². The minimum atomic E-state index is -4.30. The fourth-order valence-corrected chi connectivity index (χ4v) is 8.73. The van der Waals surface area contributed by atoms with Gasteiger partial charge in [0.25, 0.3) is 0 Å². The second-order valence-corrected chi connectivity index (χ2v) is 12.2. The highest BCUT2D eigenvalue weighted by atomic mass is 32.3. The van der Waals surface area contributed by atoms with Crippen LogP contribution >= 0.6 is 10.3 Å². The molecule has 35 heavy (non-hydrogen) atoms. The zero-order valence-electron chi connectivity index (χ0n) is 19.2. The summed E-state index contributed by atoms with van der Waals surface area (Å²) in [6, 6.07) is 24.2. The highest BCUT2D eigenvalue weighted by molar-refractivity contribution is 8.33. The minimum absolute atomic E-state index is 0.0184. The lowest BCUT2D eigenvalue weighted by Crippen LogP contribution is -2.14. The number of hydrogen-bond donors (Lipinski definition) is 0. The van der Waals surface area contributed by atoms with Crippen molar-refractivity contribution in [3.8, 4) is 5.75 Å². The molecule has 4 aromatic carbocycles. The third-order valence-corrected chi connectivity index (χ3v) is 10.4. The van der Waals surface area contributed by atoms with Gasteiger partial charge in [-0.25, -0.2) is 12.4 Å². The van der Waals surface area contributed by atoms with Crippen LogP contribution in [-0.4, -0.2) is 15.0 Å². The van der Waals surface area contributed by atoms with Crippen molar-refractivity contribution in [3.05, 3.63) is 114 Å². The number of ether oxygens (including phenoxy) is 1. The highest BCUT2D eigenvalue weighted by Crippen LogP contribution is 2.70. The first-order valence-corrected chi connectivity index (χ1v) is 13.8. The van der Waals surface area contributed by atoms with E-state index in [1.807, 2.05) is 13.8 Å². The second-order valence-electron chi connectivity index (χ2n) is 7.70. The maximum Gasteiger partial charge on any atom is 0.307 e. The molecule has 0 bridgehead atoms. The van der Waals surface area contributed by atoms with Crippen LogP contribution in [0.1, 0.15) is 12.5 Å². The Hall–Kier alpha value is -3.20. The van der Waals surface area contributed by atoms with E-state index in [4.69, 9.17) is 8.37 Å². The Morgan fingerprint density at radius 3 is 1.46 bits per heavy atom. The molecule has 0 atom stereocenters. The van der Waals surface area contributed by atoms with E-state index in [2.05, 4.69) is 0 Å². The lowest BCUT2D eigenvalue weighted by Gasteiger charge is -2.39. The third-order valence-electron chi connectivity index (χ3n) is 5.26. The van der Waals surface area contributed by atoms with E-state index in [0.717, 1.165) is 5.56 Å². The van der Waals surface area contributed by atoms with Gasteiger partial charge >= 0.3 is 10.1 Å². The summed E-state index contributed by atoms with van der Waals surface area (Å²) in [6.07, 6.45) is 0. The molecule has 0 aromatic heterocycles. The lowest BCUT2D eigenvalue weighted by molar-refractivity contribution is 0.340. The van der Waals surface area contributed by atoms with E-state index in [0.29, 0.717) is 27.0 Å². The molecule has 0 fully saturated rings. The molecule has 0 saturated carbocycles. The summed E-state index contributed by atoms with van der Waals surface area (Å²) < 4.78 is 66.7. The number of rotatable bonds is 8. The highest BCUT2D eigenvalue weighted by Gasteiger charge is 2.38. The van der Waals surface area contributed by atoms with Crippen LogP contribution in [0.4, 0.5) is 8.78 Å². The van der Waals surface area contributed by atoms with Gasteiger partial charge in [0.1, 0.15) is 17.4 Å². The van der Waals surface area contributed by atoms with Crippen molar-refractivity contribution in [1.29, 1.82) is 0 Å². The lowest BCUT2D eigenvalue weighted by atomic mass is 10.2. The van der Waals surface area contributed by atoms with Gasteiger partial charge in [-0.15, -0.1) is 0 Å². The van der Waals surface area contributed by atoms with Gasteiger partial charge in [-0.2, -0.15) is 8.42 Å². The van der Waals surface area contributed by atoms with E-state index in [1.165, 1.54) is 60.7 Å². The Kier molecular flexibility index (Phi) is 7.25. The summed E-state index contributed by atoms with van der Waals surface area (Å²) in [7, 11) is -7.29. The molecule has 0 aliphatic heterocycles. The van der Waals surface area contributed by atoms with Gasteiger partial charge in [0.15, 0.2) is 0 Å². The molecule has 4 rings (SSSR count). The van der Waals surface area contributed by atoms with Gasteiger partial charge in [-0.3, -0.25) is 0 Å². The largest absolute Gasteiger partial charge is 0.494 e. The molecule has 4 nitrogen and oxygen atoms in total. The first kappa shape index (κ1) is 24.9. The Morgan fingerprint density at radius 1 is 0.629 bits per heavy atom. The number of hydrogen-bond acceptors (Lipinski definition) is 4. The quantitative estimate of drug-likeness (QED) is 0.248. The third kappa shape index (κ3) is 5.24. The summed E-state index contributed by atoms with van der Waals surface area (Å²) in [5, 5.41) is 0. The molecule has 182 valence electrons. The molecule has 0 radical (unpaired) electrons. The zero-order chi connectivity index (χ0) is 25.1. The average Bonchev–Trinajstić information content (AvgIpc) is 2.85. The Labute approximate surface area is 205 Å². The van der Waals surface area contributed by atoms with Gasteiger partial charge in [0.2, 0.25) is 0 Å². The van der Waals surface area contributed by atoms with Crippen LogP contribution in [0, 0.1) is 18.6 Å². The van der Waals surface area contributed by atoms with Crippen molar-refractivity contribution < 1.29 is 25.6 Å².